The average molecular weight is 568 g/mol. The number of carbonyl (C=O) groups excluding carboxylic acids is 2. The van der Waals surface area contributed by atoms with E-state index in [1.807, 2.05) is 0 Å². The highest BCUT2D eigenvalue weighted by molar-refractivity contribution is 7.89. The van der Waals surface area contributed by atoms with Crippen molar-refractivity contribution in [3.63, 3.8) is 0 Å². The summed E-state index contributed by atoms with van der Waals surface area (Å²) in [5.41, 5.74) is 4.90. The van der Waals surface area contributed by atoms with E-state index in [0.717, 1.165) is 38.2 Å². The number of carbonyl (C=O) groups is 2. The second kappa shape index (κ2) is 12.6. The monoisotopic (exact) mass is 567 g/mol. The molecule has 0 aliphatic heterocycles. The first-order chi connectivity index (χ1) is 18.3. The average Bonchev–Trinajstić information content (AvgIpc) is 2.87. The van der Waals surface area contributed by atoms with Gasteiger partial charge in [0.1, 0.15) is 12.3 Å². The molecule has 0 radical (unpaired) electrons. The van der Waals surface area contributed by atoms with E-state index in [1.54, 1.807) is 0 Å². The zero-order valence-corrected chi connectivity index (χ0v) is 22.2. The molecule has 2 amide bonds. The molecule has 3 rings (SSSR count). The molecule has 0 saturated heterocycles. The van der Waals surface area contributed by atoms with Crippen molar-refractivity contribution >= 4 is 33.4 Å². The number of amides is 2. The van der Waals surface area contributed by atoms with Gasteiger partial charge in [0.15, 0.2) is 0 Å². The van der Waals surface area contributed by atoms with E-state index < -0.39 is 50.9 Å². The number of benzene rings is 2. The molecule has 1 atom stereocenters. The molecule has 13 heteroatoms. The number of halogens is 3. The Kier molecular flexibility index (Phi) is 9.73. The summed E-state index contributed by atoms with van der Waals surface area (Å²) in [6, 6.07) is 7.93. The predicted molar refractivity (Wildman–Crippen MR) is 140 cm³/mol. The zero-order valence-electron chi connectivity index (χ0n) is 21.4. The van der Waals surface area contributed by atoms with Gasteiger partial charge in [-0.2, -0.15) is 13.2 Å². The standard InChI is InChI=1S/C26H32F3N5O4S/c1-16(33-23(35)14-24(36)34-20-10-7-18(8-11-20)25(30)31)19-9-12-22(21(13-19)26(27,28)29)39(37,38)32-15-17-5-3-2-4-6-17/h7-13,16-17,32H,2-6,14-15H2,1H3,(H3,30,31)(H,33,35)(H,34,36). The maximum absolute atomic E-state index is 13.9. The minimum Gasteiger partial charge on any atom is -0.384 e. The predicted octanol–water partition coefficient (Wildman–Crippen LogP) is 4.05. The van der Waals surface area contributed by atoms with E-state index in [9.17, 15) is 31.2 Å². The van der Waals surface area contributed by atoms with Gasteiger partial charge in [-0.3, -0.25) is 15.0 Å². The van der Waals surface area contributed by atoms with Crippen LogP contribution in [-0.2, 0) is 25.8 Å². The van der Waals surface area contributed by atoms with Gasteiger partial charge in [0.05, 0.1) is 16.5 Å². The number of nitrogen functional groups attached to an aromatic ring is 1. The number of alkyl halides is 3. The largest absolute Gasteiger partial charge is 0.417 e. The quantitative estimate of drug-likeness (QED) is 0.166. The molecular weight excluding hydrogens is 535 g/mol. The van der Waals surface area contributed by atoms with Crippen LogP contribution in [0.15, 0.2) is 47.4 Å². The van der Waals surface area contributed by atoms with Crippen molar-refractivity contribution in [3.05, 3.63) is 59.2 Å². The van der Waals surface area contributed by atoms with Crippen LogP contribution in [0.4, 0.5) is 18.9 Å². The van der Waals surface area contributed by atoms with Gasteiger partial charge >= 0.3 is 6.18 Å². The van der Waals surface area contributed by atoms with Crippen LogP contribution in [-0.4, -0.2) is 32.6 Å². The number of amidine groups is 1. The number of hydrogen-bond donors (Lipinski definition) is 5. The lowest BCUT2D eigenvalue weighted by molar-refractivity contribution is -0.140. The number of sulfonamides is 1. The van der Waals surface area contributed by atoms with Gasteiger partial charge in [0, 0.05) is 17.8 Å². The van der Waals surface area contributed by atoms with Crippen molar-refractivity contribution in [2.45, 2.75) is 62.6 Å². The minimum absolute atomic E-state index is 0.0298. The van der Waals surface area contributed by atoms with Crippen LogP contribution < -0.4 is 21.1 Å². The van der Waals surface area contributed by atoms with Crippen molar-refractivity contribution < 1.29 is 31.2 Å². The molecular formula is C26H32F3N5O4S. The number of anilines is 1. The molecule has 0 spiro atoms. The van der Waals surface area contributed by atoms with Gasteiger partial charge in [-0.1, -0.05) is 25.3 Å². The third-order valence-corrected chi connectivity index (χ3v) is 8.05. The smallest absolute Gasteiger partial charge is 0.384 e. The second-order valence-electron chi connectivity index (χ2n) is 9.61. The summed E-state index contributed by atoms with van der Waals surface area (Å²) in [5.74, 6) is -1.44. The second-order valence-corrected chi connectivity index (χ2v) is 11.3. The number of nitrogens with two attached hydrogens (primary N) is 1. The highest BCUT2D eigenvalue weighted by Gasteiger charge is 2.38. The fourth-order valence-corrected chi connectivity index (χ4v) is 5.75. The lowest BCUT2D eigenvalue weighted by atomic mass is 9.90. The molecule has 1 fully saturated rings. The Balaban J connectivity index is 1.66. The van der Waals surface area contributed by atoms with E-state index in [-0.39, 0.29) is 23.9 Å². The fourth-order valence-electron chi connectivity index (χ4n) is 4.43. The first kappa shape index (κ1) is 30.1. The van der Waals surface area contributed by atoms with E-state index in [0.29, 0.717) is 17.3 Å². The molecule has 1 aliphatic carbocycles. The summed E-state index contributed by atoms with van der Waals surface area (Å²) in [4.78, 5) is 23.7. The Labute approximate surface area is 225 Å². The van der Waals surface area contributed by atoms with Crippen LogP contribution in [0.25, 0.3) is 0 Å². The molecule has 212 valence electrons. The summed E-state index contributed by atoms with van der Waals surface area (Å²) >= 11 is 0. The minimum atomic E-state index is -4.95. The SMILES string of the molecule is CC(NC(=O)CC(=O)Nc1ccc(C(=N)N)cc1)c1ccc(S(=O)(=O)NCC2CCCCC2)c(C(F)(F)F)c1. The Hall–Kier alpha value is -3.45. The van der Waals surface area contributed by atoms with Crippen LogP contribution in [0.3, 0.4) is 0 Å². The van der Waals surface area contributed by atoms with Crippen LogP contribution in [0, 0.1) is 11.3 Å². The van der Waals surface area contributed by atoms with Gasteiger partial charge < -0.3 is 16.4 Å². The molecule has 0 heterocycles. The highest BCUT2D eigenvalue weighted by atomic mass is 32.2. The summed E-state index contributed by atoms with van der Waals surface area (Å²) in [5, 5.41) is 12.3. The molecule has 9 nitrogen and oxygen atoms in total. The van der Waals surface area contributed by atoms with E-state index in [4.69, 9.17) is 11.1 Å². The number of nitrogens with one attached hydrogen (secondary N) is 4. The molecule has 0 aromatic heterocycles. The molecule has 2 aromatic carbocycles. The van der Waals surface area contributed by atoms with Gasteiger partial charge in [-0.15, -0.1) is 0 Å². The van der Waals surface area contributed by atoms with Crippen LogP contribution >= 0.6 is 0 Å². The summed E-state index contributed by atoms with van der Waals surface area (Å²) in [7, 11) is -4.42. The fraction of sp³-hybridized carbons (Fsp3) is 0.423. The summed E-state index contributed by atoms with van der Waals surface area (Å²) in [6.45, 7) is 1.51. The van der Waals surface area contributed by atoms with Crippen molar-refractivity contribution in [2.24, 2.45) is 11.7 Å². The van der Waals surface area contributed by atoms with Crippen molar-refractivity contribution in [2.75, 3.05) is 11.9 Å². The van der Waals surface area contributed by atoms with Gasteiger partial charge in [-0.05, 0) is 67.6 Å². The van der Waals surface area contributed by atoms with Crippen molar-refractivity contribution in [1.29, 1.82) is 5.41 Å². The van der Waals surface area contributed by atoms with E-state index >= 15 is 0 Å². The van der Waals surface area contributed by atoms with E-state index in [1.165, 1.54) is 37.3 Å². The highest BCUT2D eigenvalue weighted by Crippen LogP contribution is 2.36. The lowest BCUT2D eigenvalue weighted by Crippen LogP contribution is -2.32. The Morgan fingerprint density at radius 3 is 2.28 bits per heavy atom. The molecule has 1 aliphatic rings. The summed E-state index contributed by atoms with van der Waals surface area (Å²) in [6.07, 6.45) is -0.889. The molecule has 39 heavy (non-hydrogen) atoms. The Morgan fingerprint density at radius 2 is 1.69 bits per heavy atom. The molecule has 1 saturated carbocycles. The normalized spacial score (nSPS) is 15.4. The van der Waals surface area contributed by atoms with Crippen LogP contribution in [0.2, 0.25) is 0 Å². The van der Waals surface area contributed by atoms with Gasteiger partial charge in [0.25, 0.3) is 0 Å². The van der Waals surface area contributed by atoms with Crippen molar-refractivity contribution in [3.8, 4) is 0 Å². The lowest BCUT2D eigenvalue weighted by Gasteiger charge is -2.23. The first-order valence-corrected chi connectivity index (χ1v) is 14.0. The zero-order chi connectivity index (χ0) is 28.8. The molecule has 6 N–H and O–H groups in total. The third-order valence-electron chi connectivity index (χ3n) is 6.56. The molecule has 2 aromatic rings. The topological polar surface area (TPSA) is 154 Å². The number of hydrogen-bond acceptors (Lipinski definition) is 5. The maximum atomic E-state index is 13.9. The Bertz CT molecular complexity index is 1310. The summed E-state index contributed by atoms with van der Waals surface area (Å²) < 4.78 is 69.5. The van der Waals surface area contributed by atoms with Crippen LogP contribution in [0.1, 0.15) is 68.2 Å². The van der Waals surface area contributed by atoms with Crippen molar-refractivity contribution in [1.82, 2.24) is 10.0 Å². The molecule has 0 bridgehead atoms. The van der Waals surface area contributed by atoms with E-state index in [2.05, 4.69) is 15.4 Å². The first-order valence-electron chi connectivity index (χ1n) is 12.5. The molecule has 1 unspecified atom stereocenters. The number of rotatable bonds is 10. The third kappa shape index (κ3) is 8.52. The van der Waals surface area contributed by atoms with Crippen LogP contribution in [0.5, 0.6) is 0 Å². The van der Waals surface area contributed by atoms with Gasteiger partial charge in [-0.25, -0.2) is 13.1 Å². The maximum Gasteiger partial charge on any atom is 0.417 e. The Morgan fingerprint density at radius 1 is 1.05 bits per heavy atom. The van der Waals surface area contributed by atoms with Gasteiger partial charge in [0.2, 0.25) is 21.8 Å².